The molecule has 0 aliphatic carbocycles. The van der Waals surface area contributed by atoms with Crippen molar-refractivity contribution in [2.75, 3.05) is 38.3 Å². The van der Waals surface area contributed by atoms with Crippen molar-refractivity contribution < 1.29 is 13.9 Å². The average Bonchev–Trinajstić information content (AvgIpc) is 3.07. The highest BCUT2D eigenvalue weighted by atomic mass is 19.1. The summed E-state index contributed by atoms with van der Waals surface area (Å²) in [6.45, 7) is 2.90. The Morgan fingerprint density at radius 2 is 1.96 bits per heavy atom. The smallest absolute Gasteiger partial charge is 0.222 e. The number of rotatable bonds is 3. The van der Waals surface area contributed by atoms with Gasteiger partial charge in [0, 0.05) is 31.0 Å². The maximum atomic E-state index is 15.2. The molecule has 4 rings (SSSR count). The Kier molecular flexibility index (Phi) is 3.86. The van der Waals surface area contributed by atoms with Gasteiger partial charge in [-0.25, -0.2) is 14.4 Å². The molecule has 0 saturated carbocycles. The standard InChI is InChI=1S/C17H17FN4O2/c1-23-17-13-11(2-4-20-17)10-21-15(13)12-3-5-19-16(14(12)18)22-6-8-24-9-7-22/h2-5H,6-10H2,1H3. The number of halogens is 1. The highest BCUT2D eigenvalue weighted by Crippen LogP contribution is 2.31. The number of methoxy groups -OCH3 is 1. The Labute approximate surface area is 139 Å². The van der Waals surface area contributed by atoms with Gasteiger partial charge in [0.1, 0.15) is 0 Å². The zero-order valence-electron chi connectivity index (χ0n) is 13.3. The summed E-state index contributed by atoms with van der Waals surface area (Å²) < 4.78 is 25.8. The van der Waals surface area contributed by atoms with Crippen molar-refractivity contribution >= 4 is 11.5 Å². The molecule has 4 heterocycles. The van der Waals surface area contributed by atoms with Crippen molar-refractivity contribution in [1.82, 2.24) is 9.97 Å². The van der Waals surface area contributed by atoms with E-state index in [1.54, 1.807) is 25.6 Å². The van der Waals surface area contributed by atoms with Crippen molar-refractivity contribution in [3.63, 3.8) is 0 Å². The number of nitrogens with zero attached hydrogens (tertiary/aromatic N) is 4. The Hall–Kier alpha value is -2.54. The molecule has 6 nitrogen and oxygen atoms in total. The minimum atomic E-state index is -0.364. The molecule has 7 heteroatoms. The van der Waals surface area contributed by atoms with Crippen LogP contribution in [0.4, 0.5) is 10.2 Å². The first-order chi connectivity index (χ1) is 11.8. The van der Waals surface area contributed by atoms with E-state index < -0.39 is 0 Å². The minimum absolute atomic E-state index is 0.342. The van der Waals surface area contributed by atoms with Crippen LogP contribution in [0.3, 0.4) is 0 Å². The number of hydrogen-bond acceptors (Lipinski definition) is 6. The molecule has 2 aliphatic heterocycles. The number of hydrogen-bond donors (Lipinski definition) is 0. The van der Waals surface area contributed by atoms with E-state index in [0.717, 1.165) is 11.1 Å². The molecule has 124 valence electrons. The molecule has 0 radical (unpaired) electrons. The summed E-state index contributed by atoms with van der Waals surface area (Å²) in [4.78, 5) is 14.9. The average molecular weight is 328 g/mol. The second-order valence-corrected chi connectivity index (χ2v) is 5.61. The van der Waals surface area contributed by atoms with E-state index in [-0.39, 0.29) is 5.82 Å². The summed E-state index contributed by atoms with van der Waals surface area (Å²) in [5.41, 5.74) is 2.75. The predicted octanol–water partition coefficient (Wildman–Crippen LogP) is 1.81. The van der Waals surface area contributed by atoms with E-state index in [1.165, 1.54) is 0 Å². The van der Waals surface area contributed by atoms with Crippen LogP contribution in [0.1, 0.15) is 16.7 Å². The largest absolute Gasteiger partial charge is 0.480 e. The van der Waals surface area contributed by atoms with Crippen LogP contribution in [0.5, 0.6) is 5.88 Å². The third kappa shape index (κ3) is 2.41. The predicted molar refractivity (Wildman–Crippen MR) is 87.4 cm³/mol. The van der Waals surface area contributed by atoms with Crippen molar-refractivity contribution in [3.8, 4) is 5.88 Å². The molecule has 1 saturated heterocycles. The molecule has 1 fully saturated rings. The van der Waals surface area contributed by atoms with Crippen LogP contribution in [0, 0.1) is 5.82 Å². The third-order valence-corrected chi connectivity index (χ3v) is 4.28. The van der Waals surface area contributed by atoms with Gasteiger partial charge < -0.3 is 14.4 Å². The summed E-state index contributed by atoms with van der Waals surface area (Å²) in [5.74, 6) is 0.444. The van der Waals surface area contributed by atoms with Crippen molar-refractivity contribution in [3.05, 3.63) is 47.0 Å². The lowest BCUT2D eigenvalue weighted by Crippen LogP contribution is -2.37. The lowest BCUT2D eigenvalue weighted by atomic mass is 10.0. The number of anilines is 1. The first kappa shape index (κ1) is 15.0. The number of morpholine rings is 1. The fraction of sp³-hybridized carbons (Fsp3) is 0.353. The van der Waals surface area contributed by atoms with Crippen LogP contribution in [-0.4, -0.2) is 49.1 Å². The lowest BCUT2D eigenvalue weighted by Gasteiger charge is -2.28. The molecule has 0 bridgehead atoms. The number of aliphatic imine (C=N–C) groups is 1. The van der Waals surface area contributed by atoms with E-state index in [0.29, 0.717) is 55.8 Å². The molecule has 24 heavy (non-hydrogen) atoms. The zero-order valence-corrected chi connectivity index (χ0v) is 13.3. The van der Waals surface area contributed by atoms with Crippen molar-refractivity contribution in [1.29, 1.82) is 0 Å². The molecule has 0 aromatic carbocycles. The molecule has 2 aromatic heterocycles. The Morgan fingerprint density at radius 3 is 2.75 bits per heavy atom. The van der Waals surface area contributed by atoms with Gasteiger partial charge in [-0.3, -0.25) is 4.99 Å². The Balaban J connectivity index is 1.77. The summed E-state index contributed by atoms with van der Waals surface area (Å²) in [6, 6.07) is 3.54. The van der Waals surface area contributed by atoms with Crippen LogP contribution >= 0.6 is 0 Å². The molecule has 0 unspecified atom stereocenters. The van der Waals surface area contributed by atoms with Gasteiger partial charge >= 0.3 is 0 Å². The summed E-state index contributed by atoms with van der Waals surface area (Å²) in [6.07, 6.45) is 3.30. The Bertz CT molecular complexity index is 803. The van der Waals surface area contributed by atoms with E-state index in [2.05, 4.69) is 15.0 Å². The van der Waals surface area contributed by atoms with E-state index in [4.69, 9.17) is 9.47 Å². The number of fused-ring (bicyclic) bond motifs is 1. The quantitative estimate of drug-likeness (QED) is 0.860. The van der Waals surface area contributed by atoms with Gasteiger partial charge in [-0.05, 0) is 17.7 Å². The van der Waals surface area contributed by atoms with Crippen LogP contribution in [0.25, 0.3) is 0 Å². The van der Waals surface area contributed by atoms with E-state index in [1.807, 2.05) is 11.0 Å². The van der Waals surface area contributed by atoms with Crippen molar-refractivity contribution in [2.24, 2.45) is 4.99 Å². The van der Waals surface area contributed by atoms with Gasteiger partial charge in [0.05, 0.1) is 38.1 Å². The van der Waals surface area contributed by atoms with Gasteiger partial charge in [0.2, 0.25) is 5.88 Å². The van der Waals surface area contributed by atoms with Gasteiger partial charge in [0.15, 0.2) is 11.6 Å². The second-order valence-electron chi connectivity index (χ2n) is 5.61. The molecule has 2 aromatic rings. The Morgan fingerprint density at radius 1 is 1.17 bits per heavy atom. The molecule has 2 aliphatic rings. The summed E-state index contributed by atoms with van der Waals surface area (Å²) in [5, 5.41) is 0. The van der Waals surface area contributed by atoms with Gasteiger partial charge in [-0.15, -0.1) is 0 Å². The van der Waals surface area contributed by atoms with Crippen LogP contribution < -0.4 is 9.64 Å². The first-order valence-electron chi connectivity index (χ1n) is 7.84. The SMILES string of the molecule is COc1nccc2c1C(c1ccnc(N3CCOCC3)c1F)=NC2. The maximum absolute atomic E-state index is 15.2. The fourth-order valence-corrected chi connectivity index (χ4v) is 3.09. The summed E-state index contributed by atoms with van der Waals surface area (Å²) >= 11 is 0. The molecule has 0 amide bonds. The lowest BCUT2D eigenvalue weighted by molar-refractivity contribution is 0.122. The number of aromatic nitrogens is 2. The third-order valence-electron chi connectivity index (χ3n) is 4.28. The molecule has 0 N–H and O–H groups in total. The van der Waals surface area contributed by atoms with Gasteiger partial charge in [-0.2, -0.15) is 0 Å². The molecular formula is C17H17FN4O2. The highest BCUT2D eigenvalue weighted by molar-refractivity contribution is 6.16. The molecule has 0 spiro atoms. The fourth-order valence-electron chi connectivity index (χ4n) is 3.09. The van der Waals surface area contributed by atoms with Gasteiger partial charge in [0.25, 0.3) is 0 Å². The van der Waals surface area contributed by atoms with Crippen LogP contribution in [0.15, 0.2) is 29.5 Å². The van der Waals surface area contributed by atoms with Crippen LogP contribution in [-0.2, 0) is 11.3 Å². The second kappa shape index (κ2) is 6.16. The first-order valence-corrected chi connectivity index (χ1v) is 7.84. The zero-order chi connectivity index (χ0) is 16.5. The summed E-state index contributed by atoms with van der Waals surface area (Å²) in [7, 11) is 1.56. The van der Waals surface area contributed by atoms with Crippen molar-refractivity contribution in [2.45, 2.75) is 6.54 Å². The monoisotopic (exact) mass is 328 g/mol. The van der Waals surface area contributed by atoms with Gasteiger partial charge in [-0.1, -0.05) is 0 Å². The highest BCUT2D eigenvalue weighted by Gasteiger charge is 2.27. The van der Waals surface area contributed by atoms with E-state index in [9.17, 15) is 0 Å². The van der Waals surface area contributed by atoms with E-state index >= 15 is 4.39 Å². The van der Waals surface area contributed by atoms with Crippen LogP contribution in [0.2, 0.25) is 0 Å². The molecule has 0 atom stereocenters. The maximum Gasteiger partial charge on any atom is 0.222 e. The number of pyridine rings is 2. The minimum Gasteiger partial charge on any atom is -0.480 e. The molecular weight excluding hydrogens is 311 g/mol. The topological polar surface area (TPSA) is 59.8 Å². The normalized spacial score (nSPS) is 16.8. The number of ether oxygens (including phenoxy) is 2.